The summed E-state index contributed by atoms with van der Waals surface area (Å²) in [5, 5.41) is 0. The normalized spacial score (nSPS) is 23.2. The molecule has 1 aliphatic carbocycles. The summed E-state index contributed by atoms with van der Waals surface area (Å²) in [7, 11) is 3.55. The van der Waals surface area contributed by atoms with Crippen molar-refractivity contribution in [2.75, 3.05) is 27.2 Å². The molecular weight excluding hydrogens is 264 g/mol. The molecule has 1 aromatic carbocycles. The summed E-state index contributed by atoms with van der Waals surface area (Å²) in [5.74, 6) is 0.139. The van der Waals surface area contributed by atoms with Crippen LogP contribution in [0.1, 0.15) is 30.7 Å². The van der Waals surface area contributed by atoms with Gasteiger partial charge in [0.15, 0.2) is 0 Å². The fraction of sp³-hybridized carbons (Fsp3) is 0.588. The molecule has 0 aromatic heterocycles. The Morgan fingerprint density at radius 3 is 2.71 bits per heavy atom. The number of hydrogen-bond donors (Lipinski definition) is 1. The molecule has 21 heavy (non-hydrogen) atoms. The highest BCUT2D eigenvalue weighted by atomic mass is 16.5. The summed E-state index contributed by atoms with van der Waals surface area (Å²) in [4.78, 5) is 14.4. The van der Waals surface area contributed by atoms with E-state index < -0.39 is 0 Å². The first-order valence-corrected chi connectivity index (χ1v) is 7.70. The van der Waals surface area contributed by atoms with Crippen LogP contribution < -0.4 is 5.73 Å². The SMILES string of the molecule is COC(=O)C(CN(C)C1CCCC1CN)c1ccccc1. The minimum atomic E-state index is -0.236. The Hall–Kier alpha value is -1.39. The number of benzene rings is 1. The van der Waals surface area contributed by atoms with E-state index in [1.54, 1.807) is 0 Å². The lowest BCUT2D eigenvalue weighted by Crippen LogP contribution is -2.41. The topological polar surface area (TPSA) is 55.6 Å². The molecule has 0 amide bonds. The average molecular weight is 290 g/mol. The van der Waals surface area contributed by atoms with Crippen LogP contribution in [0.15, 0.2) is 30.3 Å². The lowest BCUT2D eigenvalue weighted by molar-refractivity contribution is -0.143. The zero-order chi connectivity index (χ0) is 15.2. The van der Waals surface area contributed by atoms with Gasteiger partial charge in [-0.25, -0.2) is 0 Å². The molecule has 4 nitrogen and oxygen atoms in total. The van der Waals surface area contributed by atoms with Gasteiger partial charge >= 0.3 is 5.97 Å². The summed E-state index contributed by atoms with van der Waals surface area (Å²) in [6.45, 7) is 1.40. The molecule has 2 rings (SSSR count). The maximum absolute atomic E-state index is 12.1. The Balaban J connectivity index is 2.10. The Bertz CT molecular complexity index is 449. The van der Waals surface area contributed by atoms with E-state index in [0.29, 0.717) is 18.5 Å². The fourth-order valence-electron chi connectivity index (χ4n) is 3.44. The van der Waals surface area contributed by atoms with E-state index in [4.69, 9.17) is 10.5 Å². The van der Waals surface area contributed by atoms with Gasteiger partial charge in [-0.3, -0.25) is 4.79 Å². The molecule has 3 unspecified atom stereocenters. The Morgan fingerprint density at radius 2 is 2.10 bits per heavy atom. The summed E-state index contributed by atoms with van der Waals surface area (Å²) in [6.07, 6.45) is 3.59. The van der Waals surface area contributed by atoms with Crippen molar-refractivity contribution < 1.29 is 9.53 Å². The molecule has 0 saturated heterocycles. The second kappa shape index (κ2) is 7.57. The van der Waals surface area contributed by atoms with Gasteiger partial charge in [0.05, 0.1) is 13.0 Å². The quantitative estimate of drug-likeness (QED) is 0.814. The molecule has 1 aromatic rings. The largest absolute Gasteiger partial charge is 0.469 e. The Kier molecular flexibility index (Phi) is 5.76. The van der Waals surface area contributed by atoms with E-state index >= 15 is 0 Å². The number of nitrogens with zero attached hydrogens (tertiary/aromatic N) is 1. The van der Waals surface area contributed by atoms with Gasteiger partial charge in [0.1, 0.15) is 0 Å². The molecule has 1 saturated carbocycles. The predicted octanol–water partition coefficient (Wildman–Crippen LogP) is 2.00. The number of methoxy groups -OCH3 is 1. The third-order valence-electron chi connectivity index (χ3n) is 4.65. The van der Waals surface area contributed by atoms with Crippen LogP contribution in [0.25, 0.3) is 0 Å². The molecular formula is C17H26N2O2. The molecule has 0 aliphatic heterocycles. The number of ether oxygens (including phenoxy) is 1. The molecule has 0 radical (unpaired) electrons. The van der Waals surface area contributed by atoms with E-state index in [-0.39, 0.29) is 11.9 Å². The number of hydrogen-bond acceptors (Lipinski definition) is 4. The highest BCUT2D eigenvalue weighted by molar-refractivity contribution is 5.78. The van der Waals surface area contributed by atoms with Crippen LogP contribution in [0.3, 0.4) is 0 Å². The second-order valence-corrected chi connectivity index (χ2v) is 5.92. The van der Waals surface area contributed by atoms with Gasteiger partial charge in [0, 0.05) is 12.6 Å². The van der Waals surface area contributed by atoms with Gasteiger partial charge in [-0.1, -0.05) is 36.8 Å². The van der Waals surface area contributed by atoms with Crippen LogP contribution in [-0.4, -0.2) is 44.2 Å². The molecule has 1 fully saturated rings. The smallest absolute Gasteiger partial charge is 0.314 e. The Morgan fingerprint density at radius 1 is 1.38 bits per heavy atom. The molecule has 0 spiro atoms. The van der Waals surface area contributed by atoms with Crippen molar-refractivity contribution in [3.8, 4) is 0 Å². The molecule has 1 aliphatic rings. The number of carbonyl (C=O) groups excluding carboxylic acids is 1. The highest BCUT2D eigenvalue weighted by Gasteiger charge is 2.32. The van der Waals surface area contributed by atoms with E-state index in [9.17, 15) is 4.79 Å². The summed E-state index contributed by atoms with van der Waals surface area (Å²) in [6, 6.07) is 10.3. The molecule has 116 valence electrons. The molecule has 4 heteroatoms. The molecule has 0 bridgehead atoms. The maximum atomic E-state index is 12.1. The third-order valence-corrected chi connectivity index (χ3v) is 4.65. The first kappa shape index (κ1) is 16.0. The number of esters is 1. The number of rotatable bonds is 6. The van der Waals surface area contributed by atoms with Crippen molar-refractivity contribution in [1.29, 1.82) is 0 Å². The van der Waals surface area contributed by atoms with Crippen LogP contribution >= 0.6 is 0 Å². The van der Waals surface area contributed by atoms with Gasteiger partial charge in [-0.2, -0.15) is 0 Å². The van der Waals surface area contributed by atoms with Gasteiger partial charge < -0.3 is 15.4 Å². The van der Waals surface area contributed by atoms with E-state index in [1.807, 2.05) is 30.3 Å². The van der Waals surface area contributed by atoms with E-state index in [0.717, 1.165) is 12.1 Å². The summed E-state index contributed by atoms with van der Waals surface area (Å²) in [5.41, 5.74) is 6.88. The average Bonchev–Trinajstić information content (AvgIpc) is 3.01. The first-order chi connectivity index (χ1) is 10.2. The van der Waals surface area contributed by atoms with Crippen molar-refractivity contribution in [1.82, 2.24) is 4.90 Å². The van der Waals surface area contributed by atoms with Gasteiger partial charge in [0.2, 0.25) is 0 Å². The fourth-order valence-corrected chi connectivity index (χ4v) is 3.44. The number of likely N-dealkylation sites (N-methyl/N-ethyl adjacent to an activating group) is 1. The standard InChI is InChI=1S/C17H26N2O2/c1-19(16-10-6-9-14(16)11-18)12-15(17(20)21-2)13-7-4-3-5-8-13/h3-5,7-8,14-16H,6,9-12,18H2,1-2H3. The summed E-state index contributed by atoms with van der Waals surface area (Å²) >= 11 is 0. The van der Waals surface area contributed by atoms with Crippen molar-refractivity contribution in [2.24, 2.45) is 11.7 Å². The second-order valence-electron chi connectivity index (χ2n) is 5.92. The molecule has 0 heterocycles. The minimum absolute atomic E-state index is 0.171. The molecule has 3 atom stereocenters. The lowest BCUT2D eigenvalue weighted by atomic mass is 9.96. The van der Waals surface area contributed by atoms with Gasteiger partial charge in [0.25, 0.3) is 0 Å². The van der Waals surface area contributed by atoms with Crippen LogP contribution in [0.5, 0.6) is 0 Å². The van der Waals surface area contributed by atoms with Crippen LogP contribution in [0.4, 0.5) is 0 Å². The molecule has 2 N–H and O–H groups in total. The first-order valence-electron chi connectivity index (χ1n) is 7.70. The van der Waals surface area contributed by atoms with E-state index in [1.165, 1.54) is 26.4 Å². The monoisotopic (exact) mass is 290 g/mol. The number of carbonyl (C=O) groups is 1. The van der Waals surface area contributed by atoms with Crippen molar-refractivity contribution in [2.45, 2.75) is 31.2 Å². The zero-order valence-corrected chi connectivity index (χ0v) is 13.0. The minimum Gasteiger partial charge on any atom is -0.469 e. The maximum Gasteiger partial charge on any atom is 0.314 e. The predicted molar refractivity (Wildman–Crippen MR) is 84.0 cm³/mol. The summed E-state index contributed by atoms with van der Waals surface area (Å²) < 4.78 is 4.99. The van der Waals surface area contributed by atoms with Crippen LogP contribution in [0, 0.1) is 5.92 Å². The van der Waals surface area contributed by atoms with Gasteiger partial charge in [-0.05, 0) is 37.9 Å². The van der Waals surface area contributed by atoms with Crippen LogP contribution in [0.2, 0.25) is 0 Å². The van der Waals surface area contributed by atoms with Crippen molar-refractivity contribution in [3.05, 3.63) is 35.9 Å². The van der Waals surface area contributed by atoms with Crippen molar-refractivity contribution >= 4 is 5.97 Å². The number of nitrogens with two attached hydrogens (primary N) is 1. The third kappa shape index (κ3) is 3.83. The zero-order valence-electron chi connectivity index (χ0n) is 13.0. The highest BCUT2D eigenvalue weighted by Crippen LogP contribution is 2.30. The Labute approximate surface area is 127 Å². The van der Waals surface area contributed by atoms with Crippen LogP contribution in [-0.2, 0) is 9.53 Å². The van der Waals surface area contributed by atoms with Crippen molar-refractivity contribution in [3.63, 3.8) is 0 Å². The van der Waals surface area contributed by atoms with E-state index in [2.05, 4.69) is 11.9 Å². The van der Waals surface area contributed by atoms with Gasteiger partial charge in [-0.15, -0.1) is 0 Å². The lowest BCUT2D eigenvalue weighted by Gasteiger charge is -2.31.